The molecule has 9 heteroatoms. The summed E-state index contributed by atoms with van der Waals surface area (Å²) >= 11 is 0. The topological polar surface area (TPSA) is 20.2 Å². The van der Waals surface area contributed by atoms with E-state index in [0.717, 1.165) is 0 Å². The summed E-state index contributed by atoms with van der Waals surface area (Å²) in [5, 5.41) is 9.15. The Bertz CT molecular complexity index is 452. The Labute approximate surface area is 101 Å². The molecule has 0 saturated carbocycles. The van der Waals surface area contributed by atoms with Gasteiger partial charge in [-0.2, -0.15) is 13.2 Å². The van der Waals surface area contributed by atoms with Gasteiger partial charge in [0.1, 0.15) is 0 Å². The van der Waals surface area contributed by atoms with Crippen LogP contribution < -0.4 is 0 Å². The predicted octanol–water partition coefficient (Wildman–Crippen LogP) is 3.76. The third kappa shape index (κ3) is 3.34. The summed E-state index contributed by atoms with van der Waals surface area (Å²) in [6.45, 7) is 0. The van der Waals surface area contributed by atoms with E-state index in [4.69, 9.17) is 5.11 Å². The number of halogens is 8. The monoisotopic (exact) mass is 294 g/mol. The van der Waals surface area contributed by atoms with Gasteiger partial charge in [-0.15, -0.1) is 0 Å². The van der Waals surface area contributed by atoms with Crippen molar-refractivity contribution in [3.63, 3.8) is 0 Å². The van der Waals surface area contributed by atoms with Crippen LogP contribution in [0.4, 0.5) is 35.1 Å². The molecule has 0 aliphatic heterocycles. The van der Waals surface area contributed by atoms with Gasteiger partial charge >= 0.3 is 6.18 Å². The molecule has 0 aliphatic carbocycles. The highest BCUT2D eigenvalue weighted by molar-refractivity contribution is 5.26. The Balaban J connectivity index is 3.14. The maximum absolute atomic E-state index is 13.1. The molecule has 0 bridgehead atoms. The van der Waals surface area contributed by atoms with E-state index >= 15 is 0 Å². The Morgan fingerprint density at radius 1 is 0.789 bits per heavy atom. The van der Waals surface area contributed by atoms with E-state index in [0.29, 0.717) is 0 Å². The zero-order valence-corrected chi connectivity index (χ0v) is 8.96. The largest absolute Gasteiger partial charge is 0.389 e. The van der Waals surface area contributed by atoms with E-state index in [1.807, 2.05) is 0 Å². The number of hydrogen-bond acceptors (Lipinski definition) is 1. The molecule has 0 fully saturated rings. The minimum absolute atomic E-state index is 1.22. The fraction of sp³-hybridized carbons (Fsp3) is 0.400. The summed E-state index contributed by atoms with van der Waals surface area (Å²) in [5.41, 5.74) is -1.67. The van der Waals surface area contributed by atoms with Gasteiger partial charge in [0.25, 0.3) is 0 Å². The summed E-state index contributed by atoms with van der Waals surface area (Å²) in [4.78, 5) is 0. The van der Waals surface area contributed by atoms with Gasteiger partial charge in [0.05, 0.1) is 11.7 Å². The lowest BCUT2D eigenvalue weighted by atomic mass is 10.0. The number of rotatable bonds is 3. The van der Waals surface area contributed by atoms with Crippen LogP contribution in [0, 0.1) is 29.1 Å². The molecule has 0 heterocycles. The van der Waals surface area contributed by atoms with Crippen LogP contribution in [-0.2, 0) is 0 Å². The number of hydrogen-bond donors (Lipinski definition) is 1. The molecule has 0 saturated heterocycles. The molecule has 1 unspecified atom stereocenters. The third-order valence-corrected chi connectivity index (χ3v) is 2.28. The molecular formula is C10H6F8O. The van der Waals surface area contributed by atoms with E-state index in [1.54, 1.807) is 0 Å². The highest BCUT2D eigenvalue weighted by Gasteiger charge is 2.33. The number of aliphatic hydroxyl groups excluding tert-OH is 1. The summed E-state index contributed by atoms with van der Waals surface area (Å²) in [5.74, 6) is -11.8. The number of aliphatic hydroxyl groups is 1. The normalized spacial score (nSPS) is 13.7. The zero-order chi connectivity index (χ0) is 15.0. The summed E-state index contributed by atoms with van der Waals surface area (Å²) in [6.07, 6.45) is -10.0. The van der Waals surface area contributed by atoms with E-state index in [9.17, 15) is 35.1 Å². The van der Waals surface area contributed by atoms with Crippen LogP contribution in [0.15, 0.2) is 0 Å². The summed E-state index contributed by atoms with van der Waals surface area (Å²) < 4.78 is 99.9. The Morgan fingerprint density at radius 3 is 1.53 bits per heavy atom. The van der Waals surface area contributed by atoms with Crippen LogP contribution in [0.3, 0.4) is 0 Å². The van der Waals surface area contributed by atoms with E-state index in [2.05, 4.69) is 0 Å². The van der Waals surface area contributed by atoms with Crippen LogP contribution >= 0.6 is 0 Å². The van der Waals surface area contributed by atoms with Gasteiger partial charge in [0.2, 0.25) is 5.82 Å². The summed E-state index contributed by atoms with van der Waals surface area (Å²) in [7, 11) is 0. The Kier molecular flexibility index (Phi) is 4.39. The minimum atomic E-state index is -4.73. The van der Waals surface area contributed by atoms with Crippen molar-refractivity contribution >= 4 is 0 Å². The molecule has 1 atom stereocenters. The van der Waals surface area contributed by atoms with Crippen molar-refractivity contribution in [3.05, 3.63) is 34.6 Å². The first-order valence-electron chi connectivity index (χ1n) is 4.82. The van der Waals surface area contributed by atoms with Crippen molar-refractivity contribution in [2.45, 2.75) is 25.1 Å². The molecule has 1 nitrogen and oxygen atoms in total. The lowest BCUT2D eigenvalue weighted by Gasteiger charge is -2.15. The van der Waals surface area contributed by atoms with Gasteiger partial charge < -0.3 is 5.11 Å². The SMILES string of the molecule is OC(CCC(F)(F)F)c1c(F)c(F)c(F)c(F)c1F. The van der Waals surface area contributed by atoms with Crippen molar-refractivity contribution < 1.29 is 40.2 Å². The van der Waals surface area contributed by atoms with Gasteiger partial charge in [0.15, 0.2) is 23.3 Å². The molecule has 1 aromatic carbocycles. The lowest BCUT2D eigenvalue weighted by Crippen LogP contribution is -2.14. The van der Waals surface area contributed by atoms with Crippen LogP contribution in [0.2, 0.25) is 0 Å². The van der Waals surface area contributed by atoms with Crippen molar-refractivity contribution in [2.75, 3.05) is 0 Å². The predicted molar refractivity (Wildman–Crippen MR) is 46.5 cm³/mol. The lowest BCUT2D eigenvalue weighted by molar-refractivity contribution is -0.140. The van der Waals surface area contributed by atoms with E-state index in [1.165, 1.54) is 0 Å². The Hall–Kier alpha value is -1.38. The highest BCUT2D eigenvalue weighted by Crippen LogP contribution is 2.32. The molecular weight excluding hydrogens is 288 g/mol. The maximum atomic E-state index is 13.1. The molecule has 0 aromatic heterocycles. The van der Waals surface area contributed by atoms with Crippen molar-refractivity contribution in [1.29, 1.82) is 0 Å². The van der Waals surface area contributed by atoms with Crippen molar-refractivity contribution in [1.82, 2.24) is 0 Å². The highest BCUT2D eigenvalue weighted by atomic mass is 19.4. The van der Waals surface area contributed by atoms with Gasteiger partial charge in [-0.25, -0.2) is 22.0 Å². The average Bonchev–Trinajstić information content (AvgIpc) is 2.31. The fourth-order valence-electron chi connectivity index (χ4n) is 1.36. The second-order valence-electron chi connectivity index (χ2n) is 3.65. The number of benzene rings is 1. The van der Waals surface area contributed by atoms with Crippen molar-refractivity contribution in [2.24, 2.45) is 0 Å². The summed E-state index contributed by atoms with van der Waals surface area (Å²) in [6, 6.07) is 0. The van der Waals surface area contributed by atoms with Gasteiger partial charge in [-0.3, -0.25) is 0 Å². The van der Waals surface area contributed by atoms with Crippen LogP contribution in [-0.4, -0.2) is 11.3 Å². The molecule has 0 amide bonds. The fourth-order valence-corrected chi connectivity index (χ4v) is 1.36. The van der Waals surface area contributed by atoms with E-state index < -0.39 is 59.8 Å². The van der Waals surface area contributed by atoms with Gasteiger partial charge in [0, 0.05) is 6.42 Å². The molecule has 0 aliphatic rings. The molecule has 108 valence electrons. The first kappa shape index (κ1) is 15.7. The molecule has 19 heavy (non-hydrogen) atoms. The maximum Gasteiger partial charge on any atom is 0.389 e. The minimum Gasteiger partial charge on any atom is -0.388 e. The standard InChI is InChI=1S/C10H6F8O/c11-5-4(3(19)1-2-10(16,17)18)6(12)8(14)9(15)7(5)13/h3,19H,1-2H2. The van der Waals surface area contributed by atoms with Crippen LogP contribution in [0.1, 0.15) is 24.5 Å². The second-order valence-corrected chi connectivity index (χ2v) is 3.65. The molecule has 1 aromatic rings. The first-order valence-corrected chi connectivity index (χ1v) is 4.82. The smallest absolute Gasteiger partial charge is 0.388 e. The first-order chi connectivity index (χ1) is 8.56. The second kappa shape index (κ2) is 5.32. The van der Waals surface area contributed by atoms with Crippen LogP contribution in [0.25, 0.3) is 0 Å². The number of alkyl halides is 3. The quantitative estimate of drug-likeness (QED) is 0.511. The van der Waals surface area contributed by atoms with Gasteiger partial charge in [-0.05, 0) is 6.42 Å². The van der Waals surface area contributed by atoms with E-state index in [-0.39, 0.29) is 0 Å². The zero-order valence-electron chi connectivity index (χ0n) is 8.96. The van der Waals surface area contributed by atoms with Crippen molar-refractivity contribution in [3.8, 4) is 0 Å². The molecule has 1 rings (SSSR count). The average molecular weight is 294 g/mol. The molecule has 1 N–H and O–H groups in total. The third-order valence-electron chi connectivity index (χ3n) is 2.28. The molecule has 0 spiro atoms. The van der Waals surface area contributed by atoms with Crippen LogP contribution in [0.5, 0.6) is 0 Å². The van der Waals surface area contributed by atoms with Gasteiger partial charge in [-0.1, -0.05) is 0 Å². The Morgan fingerprint density at radius 2 is 1.16 bits per heavy atom. The molecule has 0 radical (unpaired) electrons.